The van der Waals surface area contributed by atoms with Crippen LogP contribution in [0.1, 0.15) is 18.4 Å². The van der Waals surface area contributed by atoms with E-state index in [-0.39, 0.29) is 18.7 Å². The molecule has 3 rings (SSSR count). The number of β-amino-alcohol motifs (C(OH)–C–C–N with tert-alkyl or cyclic N) is 2. The van der Waals surface area contributed by atoms with E-state index in [0.717, 1.165) is 6.07 Å². The summed E-state index contributed by atoms with van der Waals surface area (Å²) in [6.07, 6.45) is 0.519. The molecule has 0 bridgehead atoms. The van der Waals surface area contributed by atoms with Crippen LogP contribution in [0.3, 0.4) is 0 Å². The second-order valence-electron chi connectivity index (χ2n) is 6.42. The predicted octanol–water partition coefficient (Wildman–Crippen LogP) is 0.495. The number of benzene rings is 1. The molecule has 2 saturated heterocycles. The molecule has 23 heavy (non-hydrogen) atoms. The number of hydrogen-bond acceptors (Lipinski definition) is 4. The van der Waals surface area contributed by atoms with Gasteiger partial charge in [0.25, 0.3) is 5.91 Å². The number of nitrogens with zero attached hydrogens (tertiary/aromatic N) is 2. The summed E-state index contributed by atoms with van der Waals surface area (Å²) in [5, 5.41) is 20.0. The fourth-order valence-corrected chi connectivity index (χ4v) is 3.28. The number of carbonyl (C=O) groups is 1. The van der Waals surface area contributed by atoms with Crippen LogP contribution in [-0.4, -0.2) is 63.8 Å². The number of aliphatic hydroxyl groups is 2. The summed E-state index contributed by atoms with van der Waals surface area (Å²) in [7, 11) is 0. The summed E-state index contributed by atoms with van der Waals surface area (Å²) in [6, 6.07) is 3.86. The Morgan fingerprint density at radius 1 is 1.30 bits per heavy atom. The van der Waals surface area contributed by atoms with E-state index in [9.17, 15) is 23.8 Å². The van der Waals surface area contributed by atoms with Gasteiger partial charge in [-0.25, -0.2) is 8.78 Å². The molecule has 2 aliphatic rings. The number of hydrogen-bond donors (Lipinski definition) is 2. The normalized spacial score (nSPS) is 26.4. The lowest BCUT2D eigenvalue weighted by Crippen LogP contribution is -2.62. The molecule has 126 valence electrons. The maximum Gasteiger partial charge on any atom is 0.256 e. The molecule has 2 N–H and O–H groups in total. The smallest absolute Gasteiger partial charge is 0.256 e. The van der Waals surface area contributed by atoms with E-state index in [4.69, 9.17) is 0 Å². The molecule has 0 unspecified atom stereocenters. The van der Waals surface area contributed by atoms with Gasteiger partial charge in [0, 0.05) is 38.3 Å². The van der Waals surface area contributed by atoms with E-state index in [2.05, 4.69) is 0 Å². The summed E-state index contributed by atoms with van der Waals surface area (Å²) in [4.78, 5) is 15.8. The fourth-order valence-electron chi connectivity index (χ4n) is 3.28. The molecule has 1 amide bonds. The molecule has 1 atom stereocenters. The second-order valence-corrected chi connectivity index (χ2v) is 6.42. The van der Waals surface area contributed by atoms with Gasteiger partial charge in [-0.15, -0.1) is 0 Å². The molecular formula is C16H20F2N2O3. The van der Waals surface area contributed by atoms with Gasteiger partial charge in [0.2, 0.25) is 0 Å². The topological polar surface area (TPSA) is 64.0 Å². The first-order valence-electron chi connectivity index (χ1n) is 7.74. The third-order valence-electron chi connectivity index (χ3n) is 4.52. The number of amides is 1. The summed E-state index contributed by atoms with van der Waals surface area (Å²) in [6.45, 7) is 1.38. The van der Waals surface area contributed by atoms with Gasteiger partial charge in [-0.05, 0) is 18.9 Å². The minimum Gasteiger partial charge on any atom is -0.390 e. The molecule has 0 saturated carbocycles. The Bertz CT molecular complexity index is 607. The number of likely N-dealkylation sites (tertiary alicyclic amines) is 2. The van der Waals surface area contributed by atoms with Crippen molar-refractivity contribution in [3.8, 4) is 0 Å². The van der Waals surface area contributed by atoms with E-state index in [1.165, 1.54) is 17.0 Å². The van der Waals surface area contributed by atoms with Crippen LogP contribution in [0.5, 0.6) is 0 Å². The molecule has 1 aromatic rings. The molecule has 5 nitrogen and oxygen atoms in total. The average Bonchev–Trinajstić information content (AvgIpc) is 2.47. The molecule has 0 radical (unpaired) electrons. The Morgan fingerprint density at radius 2 is 2.04 bits per heavy atom. The highest BCUT2D eigenvalue weighted by atomic mass is 19.2. The van der Waals surface area contributed by atoms with Gasteiger partial charge in [-0.2, -0.15) is 0 Å². The standard InChI is InChI=1S/C16H20F2N2O3/c17-13-4-1-3-11(14(13)18)7-20-6-2-5-16(23,15(20)22)10-19-8-12(21)9-19/h1,3-4,12,21,23H,2,5-10H2/t16-/m1/s1. The molecule has 0 aromatic heterocycles. The average molecular weight is 326 g/mol. The van der Waals surface area contributed by atoms with Gasteiger partial charge in [0.15, 0.2) is 17.2 Å². The van der Waals surface area contributed by atoms with E-state index in [1.807, 2.05) is 4.90 Å². The number of carbonyl (C=O) groups excluding carboxylic acids is 1. The lowest BCUT2D eigenvalue weighted by atomic mass is 9.89. The first-order chi connectivity index (χ1) is 10.9. The summed E-state index contributed by atoms with van der Waals surface area (Å²) in [5.41, 5.74) is -1.43. The van der Waals surface area contributed by atoms with Crippen LogP contribution in [0.2, 0.25) is 0 Å². The van der Waals surface area contributed by atoms with Crippen LogP contribution < -0.4 is 0 Å². The Labute approximate surface area is 133 Å². The van der Waals surface area contributed by atoms with E-state index in [1.54, 1.807) is 0 Å². The van der Waals surface area contributed by atoms with Crippen LogP contribution in [0.25, 0.3) is 0 Å². The third kappa shape index (κ3) is 3.22. The maximum absolute atomic E-state index is 13.8. The fraction of sp³-hybridized carbons (Fsp3) is 0.562. The van der Waals surface area contributed by atoms with Crippen molar-refractivity contribution in [2.24, 2.45) is 0 Å². The lowest BCUT2D eigenvalue weighted by Gasteiger charge is -2.44. The minimum atomic E-state index is -1.53. The maximum atomic E-state index is 13.8. The highest BCUT2D eigenvalue weighted by Crippen LogP contribution is 2.27. The zero-order chi connectivity index (χ0) is 16.6. The molecule has 0 spiro atoms. The lowest BCUT2D eigenvalue weighted by molar-refractivity contribution is -0.163. The SMILES string of the molecule is O=C1N(Cc2cccc(F)c2F)CCC[C@@]1(O)CN1CC(O)C1. The zero-order valence-electron chi connectivity index (χ0n) is 12.7. The van der Waals surface area contributed by atoms with E-state index < -0.39 is 29.2 Å². The van der Waals surface area contributed by atoms with Crippen molar-refractivity contribution >= 4 is 5.91 Å². The van der Waals surface area contributed by atoms with Crippen molar-refractivity contribution in [2.45, 2.75) is 31.1 Å². The molecule has 2 aliphatic heterocycles. The van der Waals surface area contributed by atoms with Crippen LogP contribution >= 0.6 is 0 Å². The second kappa shape index (κ2) is 6.14. The Hall–Kier alpha value is -1.57. The number of halogens is 2. The van der Waals surface area contributed by atoms with Gasteiger partial charge in [0.05, 0.1) is 6.10 Å². The number of rotatable bonds is 4. The Morgan fingerprint density at radius 3 is 2.74 bits per heavy atom. The number of aliphatic hydroxyl groups excluding tert-OH is 1. The molecule has 2 fully saturated rings. The molecule has 1 aromatic carbocycles. The van der Waals surface area contributed by atoms with Gasteiger partial charge in [-0.1, -0.05) is 12.1 Å². The van der Waals surface area contributed by atoms with Crippen molar-refractivity contribution in [3.05, 3.63) is 35.4 Å². The molecule has 7 heteroatoms. The van der Waals surface area contributed by atoms with Crippen LogP contribution in [0.15, 0.2) is 18.2 Å². The Kier molecular flexibility index (Phi) is 4.35. The molecular weight excluding hydrogens is 306 g/mol. The molecule has 2 heterocycles. The third-order valence-corrected chi connectivity index (χ3v) is 4.52. The number of piperidine rings is 1. The summed E-state index contributed by atoms with van der Waals surface area (Å²) < 4.78 is 27.1. The van der Waals surface area contributed by atoms with Crippen LogP contribution in [0, 0.1) is 11.6 Å². The largest absolute Gasteiger partial charge is 0.390 e. The zero-order valence-corrected chi connectivity index (χ0v) is 12.7. The van der Waals surface area contributed by atoms with E-state index >= 15 is 0 Å². The van der Waals surface area contributed by atoms with Gasteiger partial charge in [-0.3, -0.25) is 9.69 Å². The van der Waals surface area contributed by atoms with Crippen LogP contribution in [0.4, 0.5) is 8.78 Å². The van der Waals surface area contributed by atoms with Crippen molar-refractivity contribution in [2.75, 3.05) is 26.2 Å². The van der Waals surface area contributed by atoms with E-state index in [0.29, 0.717) is 32.5 Å². The first kappa shape index (κ1) is 16.3. The van der Waals surface area contributed by atoms with Gasteiger partial charge >= 0.3 is 0 Å². The highest BCUT2D eigenvalue weighted by molar-refractivity contribution is 5.86. The monoisotopic (exact) mass is 326 g/mol. The first-order valence-corrected chi connectivity index (χ1v) is 7.74. The summed E-state index contributed by atoms with van der Waals surface area (Å²) >= 11 is 0. The van der Waals surface area contributed by atoms with Gasteiger partial charge < -0.3 is 15.1 Å². The highest BCUT2D eigenvalue weighted by Gasteiger charge is 2.45. The quantitative estimate of drug-likeness (QED) is 0.846. The van der Waals surface area contributed by atoms with Gasteiger partial charge in [0.1, 0.15) is 0 Å². The van der Waals surface area contributed by atoms with Crippen molar-refractivity contribution in [3.63, 3.8) is 0 Å². The van der Waals surface area contributed by atoms with Crippen molar-refractivity contribution < 1.29 is 23.8 Å². The molecule has 0 aliphatic carbocycles. The Balaban J connectivity index is 1.70. The van der Waals surface area contributed by atoms with Crippen LogP contribution in [-0.2, 0) is 11.3 Å². The minimum absolute atomic E-state index is 0.0621. The summed E-state index contributed by atoms with van der Waals surface area (Å²) in [5.74, 6) is -2.37. The van der Waals surface area contributed by atoms with Crippen molar-refractivity contribution in [1.29, 1.82) is 0 Å². The predicted molar refractivity (Wildman–Crippen MR) is 78.4 cm³/mol. The van der Waals surface area contributed by atoms with Crippen molar-refractivity contribution in [1.82, 2.24) is 9.80 Å².